The number of hydrogen-bond acceptors (Lipinski definition) is 2. The van der Waals surface area contributed by atoms with Gasteiger partial charge in [0.05, 0.1) is 13.2 Å². The van der Waals surface area contributed by atoms with Crippen molar-refractivity contribution in [1.82, 2.24) is 4.90 Å². The van der Waals surface area contributed by atoms with E-state index in [1.165, 1.54) is 76.5 Å². The van der Waals surface area contributed by atoms with Gasteiger partial charge in [-0.05, 0) is 45.4 Å². The minimum absolute atomic E-state index is 0.267. The molecule has 0 aromatic heterocycles. The molecule has 0 aromatic rings. The highest BCUT2D eigenvalue weighted by molar-refractivity contribution is 5.78. The van der Waals surface area contributed by atoms with Crippen molar-refractivity contribution in [3.05, 3.63) is 24.3 Å². The minimum atomic E-state index is 0.267. The highest BCUT2D eigenvalue weighted by Crippen LogP contribution is 2.12. The van der Waals surface area contributed by atoms with Crippen LogP contribution >= 0.6 is 0 Å². The first kappa shape index (κ1) is 23.9. The van der Waals surface area contributed by atoms with Gasteiger partial charge in [0.25, 0.3) is 0 Å². The molecule has 156 valence electrons. The maximum atomic E-state index is 9.22. The summed E-state index contributed by atoms with van der Waals surface area (Å²) < 4.78 is 2.48. The van der Waals surface area contributed by atoms with Crippen LogP contribution < -0.4 is 0 Å². The van der Waals surface area contributed by atoms with Crippen molar-refractivity contribution >= 4 is 5.84 Å². The number of amidine groups is 1. The first-order valence-electron chi connectivity index (χ1n) is 11.6. The van der Waals surface area contributed by atoms with E-state index < -0.39 is 0 Å². The van der Waals surface area contributed by atoms with Gasteiger partial charge in [-0.1, -0.05) is 63.3 Å². The third kappa shape index (κ3) is 11.4. The van der Waals surface area contributed by atoms with Gasteiger partial charge in [-0.3, -0.25) is 9.48 Å². The number of rotatable bonds is 17. The normalized spacial score (nSPS) is 15.1. The van der Waals surface area contributed by atoms with Crippen LogP contribution in [-0.2, 0) is 0 Å². The number of aliphatic hydroxyl groups excluding tert-OH is 1. The highest BCUT2D eigenvalue weighted by atomic mass is 16.3. The van der Waals surface area contributed by atoms with Crippen molar-refractivity contribution in [3.63, 3.8) is 0 Å². The number of allylic oxidation sites excluding steroid dienone is 4. The first-order valence-corrected chi connectivity index (χ1v) is 11.6. The van der Waals surface area contributed by atoms with E-state index in [-0.39, 0.29) is 6.61 Å². The van der Waals surface area contributed by atoms with Crippen LogP contribution in [0.1, 0.15) is 90.9 Å². The Morgan fingerprint density at radius 1 is 0.889 bits per heavy atom. The number of hydrogen-bond donors (Lipinski definition) is 1. The maximum absolute atomic E-state index is 9.22. The topological polar surface area (TPSA) is 26.5 Å². The van der Waals surface area contributed by atoms with E-state index in [2.05, 4.69) is 47.6 Å². The summed E-state index contributed by atoms with van der Waals surface area (Å²) in [6, 6.07) is 0. The molecular formula is C24H45N2O+. The van der Waals surface area contributed by atoms with Crippen molar-refractivity contribution in [2.24, 2.45) is 0 Å². The molecule has 3 nitrogen and oxygen atoms in total. The van der Waals surface area contributed by atoms with Gasteiger partial charge in [-0.2, -0.15) is 0 Å². The second-order valence-corrected chi connectivity index (χ2v) is 7.69. The quantitative estimate of drug-likeness (QED) is 0.205. The summed E-state index contributed by atoms with van der Waals surface area (Å²) in [7, 11) is 0. The summed E-state index contributed by atoms with van der Waals surface area (Å²) in [6.45, 7) is 8.87. The summed E-state index contributed by atoms with van der Waals surface area (Å²) in [5.74, 6) is 1.47. The van der Waals surface area contributed by atoms with Gasteiger partial charge < -0.3 is 5.11 Å². The Balaban J connectivity index is 1.99. The predicted molar refractivity (Wildman–Crippen MR) is 119 cm³/mol. The van der Waals surface area contributed by atoms with Crippen LogP contribution in [-0.4, -0.2) is 53.2 Å². The SMILES string of the molecule is CCCCC/C=C\C/C=C/CCCCCCCC1=[N+](CC)CCN1CCO. The first-order chi connectivity index (χ1) is 13.3. The lowest BCUT2D eigenvalue weighted by molar-refractivity contribution is -0.515. The summed E-state index contributed by atoms with van der Waals surface area (Å²) in [6.07, 6.45) is 24.7. The molecule has 1 N–H and O–H groups in total. The van der Waals surface area contributed by atoms with Crippen LogP contribution in [0, 0.1) is 0 Å². The Hall–Kier alpha value is -1.09. The van der Waals surface area contributed by atoms with Crippen LogP contribution in [0.3, 0.4) is 0 Å². The van der Waals surface area contributed by atoms with Gasteiger partial charge in [0.1, 0.15) is 19.6 Å². The molecule has 0 atom stereocenters. The third-order valence-electron chi connectivity index (χ3n) is 5.47. The molecule has 3 heteroatoms. The van der Waals surface area contributed by atoms with Gasteiger partial charge in [-0.25, -0.2) is 0 Å². The summed E-state index contributed by atoms with van der Waals surface area (Å²) in [5.41, 5.74) is 0. The molecule has 1 aliphatic rings. The molecule has 0 unspecified atom stereocenters. The smallest absolute Gasteiger partial charge is 0.247 e. The molecule has 0 bridgehead atoms. The Morgan fingerprint density at radius 3 is 2.22 bits per heavy atom. The summed E-state index contributed by atoms with van der Waals surface area (Å²) >= 11 is 0. The van der Waals surface area contributed by atoms with Crippen LogP contribution in [0.25, 0.3) is 0 Å². The number of nitrogens with zero attached hydrogens (tertiary/aromatic N) is 2. The van der Waals surface area contributed by atoms with E-state index in [4.69, 9.17) is 0 Å². The van der Waals surface area contributed by atoms with Crippen molar-refractivity contribution < 1.29 is 9.68 Å². The zero-order valence-electron chi connectivity index (χ0n) is 18.2. The molecule has 0 amide bonds. The van der Waals surface area contributed by atoms with E-state index in [9.17, 15) is 5.11 Å². The number of β-amino-alcohol motifs (C(OH)–C–C–N with tert-alkyl or cyclic N) is 1. The van der Waals surface area contributed by atoms with Crippen molar-refractivity contribution in [1.29, 1.82) is 0 Å². The van der Waals surface area contributed by atoms with E-state index in [0.29, 0.717) is 0 Å². The zero-order chi connectivity index (χ0) is 19.6. The molecule has 0 aromatic carbocycles. The number of unbranched alkanes of at least 4 members (excludes halogenated alkanes) is 8. The fourth-order valence-corrected chi connectivity index (χ4v) is 3.81. The maximum Gasteiger partial charge on any atom is 0.247 e. The number of likely N-dealkylation sites (N-methyl/N-ethyl adjacent to an activating group) is 1. The largest absolute Gasteiger partial charge is 0.392 e. The second-order valence-electron chi connectivity index (χ2n) is 7.69. The fourth-order valence-electron chi connectivity index (χ4n) is 3.81. The molecule has 0 radical (unpaired) electrons. The predicted octanol–water partition coefficient (Wildman–Crippen LogP) is 5.54. The number of aliphatic hydroxyl groups is 1. The van der Waals surface area contributed by atoms with Gasteiger partial charge in [0.2, 0.25) is 5.84 Å². The average molecular weight is 378 g/mol. The lowest BCUT2D eigenvalue weighted by Gasteiger charge is -2.12. The highest BCUT2D eigenvalue weighted by Gasteiger charge is 2.28. The minimum Gasteiger partial charge on any atom is -0.392 e. The van der Waals surface area contributed by atoms with Crippen molar-refractivity contribution in [2.45, 2.75) is 90.9 Å². The monoisotopic (exact) mass is 377 g/mol. The molecule has 0 fully saturated rings. The Morgan fingerprint density at radius 2 is 1.56 bits per heavy atom. The lowest BCUT2D eigenvalue weighted by Crippen LogP contribution is -2.32. The summed E-state index contributed by atoms with van der Waals surface area (Å²) in [4.78, 5) is 2.38. The van der Waals surface area contributed by atoms with Crippen LogP contribution in [0.5, 0.6) is 0 Å². The molecule has 27 heavy (non-hydrogen) atoms. The Bertz CT molecular complexity index is 440. The van der Waals surface area contributed by atoms with Crippen LogP contribution in [0.4, 0.5) is 0 Å². The molecule has 0 spiro atoms. The Kier molecular flexibility index (Phi) is 15.1. The van der Waals surface area contributed by atoms with Gasteiger partial charge in [0.15, 0.2) is 0 Å². The van der Waals surface area contributed by atoms with Gasteiger partial charge in [-0.15, -0.1) is 0 Å². The standard InChI is InChI=1S/C24H45N2O/c1-3-5-6-7-8-9-10-11-12-13-14-15-16-17-18-19-24-25(4-2)20-21-26(24)22-23-27/h8-9,11-12,27H,3-7,10,13-23H2,1-2H3/q+1/b9-8-,12-11+. The molecule has 0 saturated carbocycles. The third-order valence-corrected chi connectivity index (χ3v) is 5.47. The van der Waals surface area contributed by atoms with E-state index in [1.54, 1.807) is 0 Å². The van der Waals surface area contributed by atoms with Crippen molar-refractivity contribution in [2.75, 3.05) is 32.8 Å². The molecular weight excluding hydrogens is 332 g/mol. The van der Waals surface area contributed by atoms with E-state index >= 15 is 0 Å². The lowest BCUT2D eigenvalue weighted by atomic mass is 10.1. The molecule has 0 aliphatic carbocycles. The van der Waals surface area contributed by atoms with Crippen LogP contribution in [0.2, 0.25) is 0 Å². The molecule has 1 aliphatic heterocycles. The summed E-state index contributed by atoms with van der Waals surface area (Å²) in [5, 5.41) is 9.22. The zero-order valence-corrected chi connectivity index (χ0v) is 18.2. The van der Waals surface area contributed by atoms with Crippen LogP contribution in [0.15, 0.2) is 24.3 Å². The molecule has 0 saturated heterocycles. The van der Waals surface area contributed by atoms with E-state index in [1.807, 2.05) is 0 Å². The van der Waals surface area contributed by atoms with Crippen molar-refractivity contribution in [3.8, 4) is 0 Å². The molecule has 1 rings (SSSR count). The van der Waals surface area contributed by atoms with Gasteiger partial charge in [0, 0.05) is 6.42 Å². The van der Waals surface area contributed by atoms with Gasteiger partial charge >= 0.3 is 0 Å². The van der Waals surface area contributed by atoms with E-state index in [0.717, 1.165) is 32.6 Å². The average Bonchev–Trinajstić information content (AvgIpc) is 3.07. The Labute approximate surface area is 168 Å². The fraction of sp³-hybridized carbons (Fsp3) is 0.792. The second kappa shape index (κ2) is 17.0. The molecule has 1 heterocycles.